The third-order valence-electron chi connectivity index (χ3n) is 4.15. The lowest BCUT2D eigenvalue weighted by molar-refractivity contribution is 0.259. The van der Waals surface area contributed by atoms with Gasteiger partial charge in [-0.05, 0) is 47.9 Å². The zero-order chi connectivity index (χ0) is 14.2. The molecule has 0 radical (unpaired) electrons. The van der Waals surface area contributed by atoms with Crippen molar-refractivity contribution >= 4 is 32.1 Å². The third-order valence-corrected chi connectivity index (χ3v) is 6.37. The van der Waals surface area contributed by atoms with Crippen molar-refractivity contribution in [3.8, 4) is 5.75 Å². The predicted molar refractivity (Wildman–Crippen MR) is 90.5 cm³/mol. The Hall–Kier alpha value is -1.36. The number of rotatable bonds is 3. The molecule has 3 aromatic rings. The molecule has 0 saturated heterocycles. The van der Waals surface area contributed by atoms with Gasteiger partial charge in [0.25, 0.3) is 0 Å². The Morgan fingerprint density at radius 2 is 2.14 bits per heavy atom. The molecule has 0 fully saturated rings. The van der Waals surface area contributed by atoms with Crippen molar-refractivity contribution in [3.05, 3.63) is 52.2 Å². The van der Waals surface area contributed by atoms with Crippen LogP contribution in [0.2, 0.25) is 0 Å². The maximum atomic E-state index is 6.48. The maximum absolute atomic E-state index is 6.48. The summed E-state index contributed by atoms with van der Waals surface area (Å²) < 4.78 is 8.46. The van der Waals surface area contributed by atoms with Gasteiger partial charge >= 0.3 is 0 Å². The van der Waals surface area contributed by atoms with Crippen LogP contribution in [0.1, 0.15) is 35.2 Å². The van der Waals surface area contributed by atoms with Gasteiger partial charge in [0, 0.05) is 20.3 Å². The first kappa shape index (κ1) is 13.3. The molecule has 3 heterocycles. The van der Waals surface area contributed by atoms with Crippen LogP contribution in [0.15, 0.2) is 41.8 Å². The molecule has 2 nitrogen and oxygen atoms in total. The smallest absolute Gasteiger partial charge is 0.122 e. The molecule has 4 rings (SSSR count). The first-order valence-electron chi connectivity index (χ1n) is 7.25. The summed E-state index contributed by atoms with van der Waals surface area (Å²) in [6.45, 7) is 0.800. The van der Waals surface area contributed by atoms with E-state index in [1.54, 1.807) is 11.3 Å². The first-order valence-corrected chi connectivity index (χ1v) is 8.95. The quantitative estimate of drug-likeness (QED) is 0.744. The van der Waals surface area contributed by atoms with Gasteiger partial charge < -0.3 is 10.5 Å². The Balaban J connectivity index is 1.57. The molecule has 0 saturated carbocycles. The van der Waals surface area contributed by atoms with E-state index in [1.165, 1.54) is 19.8 Å². The van der Waals surface area contributed by atoms with Gasteiger partial charge in [-0.2, -0.15) is 0 Å². The van der Waals surface area contributed by atoms with Crippen molar-refractivity contribution in [2.45, 2.75) is 24.8 Å². The second kappa shape index (κ2) is 5.44. The lowest BCUT2D eigenvalue weighted by Gasteiger charge is -2.27. The standard InChI is InChI=1S/C17H17NOS2/c18-13(16-10-17-15(21-16)6-8-20-17)9-11-5-7-19-14-4-2-1-3-12(11)14/h1-4,6,8,10-11,13H,5,7,9,18H2. The van der Waals surface area contributed by atoms with E-state index in [9.17, 15) is 0 Å². The molecule has 0 bridgehead atoms. The highest BCUT2D eigenvalue weighted by molar-refractivity contribution is 7.26. The van der Waals surface area contributed by atoms with Crippen LogP contribution >= 0.6 is 22.7 Å². The number of para-hydroxylation sites is 1. The molecule has 108 valence electrons. The Morgan fingerprint density at radius 3 is 3.05 bits per heavy atom. The minimum absolute atomic E-state index is 0.116. The Labute approximate surface area is 132 Å². The summed E-state index contributed by atoms with van der Waals surface area (Å²) in [4.78, 5) is 1.31. The van der Waals surface area contributed by atoms with Gasteiger partial charge in [0.2, 0.25) is 0 Å². The zero-order valence-corrected chi connectivity index (χ0v) is 13.3. The monoisotopic (exact) mass is 315 g/mol. The van der Waals surface area contributed by atoms with Gasteiger partial charge in [0.1, 0.15) is 5.75 Å². The number of nitrogens with two attached hydrogens (primary N) is 1. The van der Waals surface area contributed by atoms with Gasteiger partial charge in [-0.1, -0.05) is 18.2 Å². The van der Waals surface area contributed by atoms with Crippen LogP contribution in [0.25, 0.3) is 9.40 Å². The molecule has 1 aliphatic heterocycles. The van der Waals surface area contributed by atoms with Crippen molar-refractivity contribution in [1.29, 1.82) is 0 Å². The molecule has 2 unspecified atom stereocenters. The van der Waals surface area contributed by atoms with Crippen molar-refractivity contribution in [1.82, 2.24) is 0 Å². The van der Waals surface area contributed by atoms with E-state index >= 15 is 0 Å². The van der Waals surface area contributed by atoms with E-state index < -0.39 is 0 Å². The van der Waals surface area contributed by atoms with Crippen molar-refractivity contribution in [2.75, 3.05) is 6.61 Å². The van der Waals surface area contributed by atoms with Crippen molar-refractivity contribution < 1.29 is 4.74 Å². The topological polar surface area (TPSA) is 35.2 Å². The lowest BCUT2D eigenvalue weighted by atomic mass is 9.87. The Morgan fingerprint density at radius 1 is 1.24 bits per heavy atom. The normalized spacial score (nSPS) is 19.2. The summed E-state index contributed by atoms with van der Waals surface area (Å²) in [5, 5.41) is 2.14. The second-order valence-electron chi connectivity index (χ2n) is 5.51. The van der Waals surface area contributed by atoms with Crippen LogP contribution in [0.4, 0.5) is 0 Å². The van der Waals surface area contributed by atoms with Gasteiger partial charge in [-0.3, -0.25) is 0 Å². The molecule has 21 heavy (non-hydrogen) atoms. The molecular weight excluding hydrogens is 298 g/mol. The number of hydrogen-bond donors (Lipinski definition) is 1. The number of hydrogen-bond acceptors (Lipinski definition) is 4. The molecule has 0 aliphatic carbocycles. The highest BCUT2D eigenvalue weighted by atomic mass is 32.1. The van der Waals surface area contributed by atoms with E-state index in [0.29, 0.717) is 5.92 Å². The van der Waals surface area contributed by atoms with Crippen LogP contribution < -0.4 is 10.5 Å². The predicted octanol–water partition coefficient (Wildman–Crippen LogP) is 4.92. The van der Waals surface area contributed by atoms with Crippen LogP contribution in [0.3, 0.4) is 0 Å². The minimum atomic E-state index is 0.116. The molecule has 4 heteroatoms. The summed E-state index contributed by atoms with van der Waals surface area (Å²) in [5.41, 5.74) is 7.80. The molecule has 1 aliphatic rings. The zero-order valence-electron chi connectivity index (χ0n) is 11.6. The molecule has 0 spiro atoms. The van der Waals surface area contributed by atoms with E-state index in [2.05, 4.69) is 35.7 Å². The number of thiophene rings is 2. The number of ether oxygens (including phenoxy) is 1. The molecular formula is C17H17NOS2. The summed E-state index contributed by atoms with van der Waals surface area (Å²) >= 11 is 3.63. The van der Waals surface area contributed by atoms with Gasteiger partial charge in [-0.25, -0.2) is 0 Å². The van der Waals surface area contributed by atoms with Gasteiger partial charge in [0.15, 0.2) is 0 Å². The molecule has 2 N–H and O–H groups in total. The fraction of sp³-hybridized carbons (Fsp3) is 0.294. The van der Waals surface area contributed by atoms with Gasteiger partial charge in [-0.15, -0.1) is 22.7 Å². The van der Waals surface area contributed by atoms with E-state index in [4.69, 9.17) is 10.5 Å². The minimum Gasteiger partial charge on any atom is -0.493 e. The van der Waals surface area contributed by atoms with Crippen LogP contribution in [-0.4, -0.2) is 6.61 Å². The Bertz CT molecular complexity index is 732. The van der Waals surface area contributed by atoms with Gasteiger partial charge in [0.05, 0.1) is 6.61 Å². The average Bonchev–Trinajstić information content (AvgIpc) is 3.09. The van der Waals surface area contributed by atoms with Crippen LogP contribution in [0, 0.1) is 0 Å². The van der Waals surface area contributed by atoms with E-state index in [-0.39, 0.29) is 6.04 Å². The summed E-state index contributed by atoms with van der Waals surface area (Å²) in [6.07, 6.45) is 2.05. The first-order chi connectivity index (χ1) is 10.3. The van der Waals surface area contributed by atoms with Crippen LogP contribution in [0.5, 0.6) is 5.75 Å². The fourth-order valence-electron chi connectivity index (χ4n) is 3.05. The average molecular weight is 315 g/mol. The maximum Gasteiger partial charge on any atom is 0.122 e. The molecule has 2 atom stereocenters. The van der Waals surface area contributed by atoms with Crippen molar-refractivity contribution in [3.63, 3.8) is 0 Å². The van der Waals surface area contributed by atoms with E-state index in [1.807, 2.05) is 17.4 Å². The highest BCUT2D eigenvalue weighted by Crippen LogP contribution is 2.40. The molecule has 1 aromatic carbocycles. The summed E-state index contributed by atoms with van der Waals surface area (Å²) in [6, 6.07) is 12.9. The summed E-state index contributed by atoms with van der Waals surface area (Å²) in [7, 11) is 0. The number of fused-ring (bicyclic) bond motifs is 2. The highest BCUT2D eigenvalue weighted by Gasteiger charge is 2.24. The largest absolute Gasteiger partial charge is 0.493 e. The van der Waals surface area contributed by atoms with E-state index in [0.717, 1.165) is 25.2 Å². The number of benzene rings is 1. The SMILES string of the molecule is NC(CC1CCOc2ccccc21)c1cc2sccc2s1. The van der Waals surface area contributed by atoms with Crippen molar-refractivity contribution in [2.24, 2.45) is 5.73 Å². The third kappa shape index (κ3) is 2.48. The molecule has 0 amide bonds. The fourth-order valence-corrected chi connectivity index (χ4v) is 5.18. The van der Waals surface area contributed by atoms with Crippen LogP contribution in [-0.2, 0) is 0 Å². The lowest BCUT2D eigenvalue weighted by Crippen LogP contribution is -2.19. The summed E-state index contributed by atoms with van der Waals surface area (Å²) in [5.74, 6) is 1.54. The Kier molecular flexibility index (Phi) is 3.45. The molecule has 2 aromatic heterocycles. The second-order valence-corrected chi connectivity index (χ2v) is 7.58.